The van der Waals surface area contributed by atoms with Crippen LogP contribution in [0.4, 0.5) is 0 Å². The fourth-order valence-corrected chi connectivity index (χ4v) is 3.24. The molecule has 1 aliphatic heterocycles. The molecule has 0 bridgehead atoms. The normalized spacial score (nSPS) is 28.3. The fraction of sp³-hybridized carbons (Fsp3) is 0.778. The van der Waals surface area contributed by atoms with E-state index in [-0.39, 0.29) is 17.5 Å². The van der Waals surface area contributed by atoms with Crippen molar-refractivity contribution in [2.75, 3.05) is 31.1 Å². The SMILES string of the molecule is CC1CS(=O)(=O)CCN1C/C=C/CN. The molecule has 1 aliphatic rings. The van der Waals surface area contributed by atoms with Crippen molar-refractivity contribution in [3.05, 3.63) is 12.2 Å². The van der Waals surface area contributed by atoms with Gasteiger partial charge < -0.3 is 5.73 Å². The predicted octanol–water partition coefficient (Wildman–Crippen LogP) is -0.380. The van der Waals surface area contributed by atoms with Gasteiger partial charge in [-0.05, 0) is 6.92 Å². The van der Waals surface area contributed by atoms with Crippen LogP contribution in [0, 0.1) is 0 Å². The Labute approximate surface area is 85.7 Å². The van der Waals surface area contributed by atoms with E-state index in [1.54, 1.807) is 0 Å². The van der Waals surface area contributed by atoms with Gasteiger partial charge in [-0.3, -0.25) is 4.90 Å². The maximum atomic E-state index is 11.3. The van der Waals surface area contributed by atoms with Crippen LogP contribution in [0.25, 0.3) is 0 Å². The molecule has 1 unspecified atom stereocenters. The number of nitrogens with two attached hydrogens (primary N) is 1. The fourth-order valence-electron chi connectivity index (χ4n) is 1.61. The molecule has 1 atom stereocenters. The van der Waals surface area contributed by atoms with Crippen molar-refractivity contribution in [2.45, 2.75) is 13.0 Å². The largest absolute Gasteiger partial charge is 0.327 e. The smallest absolute Gasteiger partial charge is 0.153 e. The zero-order chi connectivity index (χ0) is 10.6. The maximum Gasteiger partial charge on any atom is 0.153 e. The summed E-state index contributed by atoms with van der Waals surface area (Å²) in [6.45, 7) is 3.93. The van der Waals surface area contributed by atoms with Crippen LogP contribution in [0.2, 0.25) is 0 Å². The molecule has 0 aromatic carbocycles. The Morgan fingerprint density at radius 3 is 2.79 bits per heavy atom. The first-order valence-corrected chi connectivity index (χ1v) is 6.67. The van der Waals surface area contributed by atoms with E-state index in [0.29, 0.717) is 13.1 Å². The highest BCUT2D eigenvalue weighted by atomic mass is 32.2. The Morgan fingerprint density at radius 2 is 2.21 bits per heavy atom. The van der Waals surface area contributed by atoms with Gasteiger partial charge in [0.05, 0.1) is 11.5 Å². The second-order valence-electron chi connectivity index (χ2n) is 3.67. The Morgan fingerprint density at radius 1 is 1.50 bits per heavy atom. The number of sulfone groups is 1. The van der Waals surface area contributed by atoms with Crippen molar-refractivity contribution in [1.29, 1.82) is 0 Å². The van der Waals surface area contributed by atoms with E-state index in [0.717, 1.165) is 6.54 Å². The standard InChI is InChI=1S/C9H18N2O2S/c1-9-8-14(12,13)7-6-11(9)5-3-2-4-10/h2-3,9H,4-8,10H2,1H3/b3-2+. The topological polar surface area (TPSA) is 63.4 Å². The van der Waals surface area contributed by atoms with Crippen molar-refractivity contribution in [1.82, 2.24) is 4.90 Å². The average molecular weight is 218 g/mol. The van der Waals surface area contributed by atoms with Gasteiger partial charge in [0.1, 0.15) is 0 Å². The van der Waals surface area contributed by atoms with Gasteiger partial charge in [-0.1, -0.05) is 12.2 Å². The number of hydrogen-bond acceptors (Lipinski definition) is 4. The molecule has 14 heavy (non-hydrogen) atoms. The average Bonchev–Trinajstić information content (AvgIpc) is 2.08. The summed E-state index contributed by atoms with van der Waals surface area (Å²) in [4.78, 5) is 2.16. The first-order chi connectivity index (χ1) is 6.55. The summed E-state index contributed by atoms with van der Waals surface area (Å²) in [6.07, 6.45) is 3.89. The van der Waals surface area contributed by atoms with Crippen molar-refractivity contribution in [3.8, 4) is 0 Å². The van der Waals surface area contributed by atoms with Gasteiger partial charge in [-0.15, -0.1) is 0 Å². The Bertz CT molecular complexity index is 298. The minimum absolute atomic E-state index is 0.121. The number of hydrogen-bond donors (Lipinski definition) is 1. The highest BCUT2D eigenvalue weighted by Crippen LogP contribution is 2.10. The van der Waals surface area contributed by atoms with E-state index in [1.165, 1.54) is 0 Å². The van der Waals surface area contributed by atoms with Crippen LogP contribution in [-0.2, 0) is 9.84 Å². The van der Waals surface area contributed by atoms with Crippen LogP contribution in [0.15, 0.2) is 12.2 Å². The van der Waals surface area contributed by atoms with E-state index >= 15 is 0 Å². The Balaban J connectivity index is 2.46. The third-order valence-electron chi connectivity index (χ3n) is 2.45. The molecule has 1 rings (SSSR count). The van der Waals surface area contributed by atoms with Gasteiger partial charge in [-0.25, -0.2) is 8.42 Å². The number of rotatable bonds is 3. The highest BCUT2D eigenvalue weighted by molar-refractivity contribution is 7.91. The van der Waals surface area contributed by atoms with E-state index < -0.39 is 9.84 Å². The van der Waals surface area contributed by atoms with Crippen LogP contribution in [0.1, 0.15) is 6.92 Å². The van der Waals surface area contributed by atoms with Gasteiger partial charge in [0.2, 0.25) is 0 Å². The van der Waals surface area contributed by atoms with Gasteiger partial charge in [0, 0.05) is 25.7 Å². The third-order valence-corrected chi connectivity index (χ3v) is 4.25. The van der Waals surface area contributed by atoms with Crippen LogP contribution < -0.4 is 5.73 Å². The second kappa shape index (κ2) is 4.91. The predicted molar refractivity (Wildman–Crippen MR) is 57.9 cm³/mol. The zero-order valence-electron chi connectivity index (χ0n) is 8.52. The summed E-state index contributed by atoms with van der Waals surface area (Å²) in [6, 6.07) is 0.121. The zero-order valence-corrected chi connectivity index (χ0v) is 9.33. The van der Waals surface area contributed by atoms with Crippen LogP contribution >= 0.6 is 0 Å². The van der Waals surface area contributed by atoms with Crippen molar-refractivity contribution < 1.29 is 8.42 Å². The van der Waals surface area contributed by atoms with Gasteiger partial charge in [0.25, 0.3) is 0 Å². The van der Waals surface area contributed by atoms with Gasteiger partial charge >= 0.3 is 0 Å². The molecule has 4 nitrogen and oxygen atoms in total. The lowest BCUT2D eigenvalue weighted by Crippen LogP contribution is -2.46. The molecule has 0 saturated carbocycles. The molecule has 0 spiro atoms. The van der Waals surface area contributed by atoms with Crippen molar-refractivity contribution in [2.24, 2.45) is 5.73 Å². The van der Waals surface area contributed by atoms with E-state index in [2.05, 4.69) is 4.90 Å². The molecule has 1 heterocycles. The van der Waals surface area contributed by atoms with Gasteiger partial charge in [-0.2, -0.15) is 0 Å². The molecule has 5 heteroatoms. The Kier molecular flexibility index (Phi) is 4.10. The van der Waals surface area contributed by atoms with Crippen LogP contribution in [0.5, 0.6) is 0 Å². The second-order valence-corrected chi connectivity index (χ2v) is 5.89. The molecule has 1 fully saturated rings. The Hall–Kier alpha value is -0.390. The van der Waals surface area contributed by atoms with E-state index in [4.69, 9.17) is 5.73 Å². The summed E-state index contributed by atoms with van der Waals surface area (Å²) >= 11 is 0. The van der Waals surface area contributed by atoms with Crippen molar-refractivity contribution in [3.63, 3.8) is 0 Å². The molecule has 2 N–H and O–H groups in total. The quantitative estimate of drug-likeness (QED) is 0.656. The molecular formula is C9H18N2O2S. The summed E-state index contributed by atoms with van der Waals surface area (Å²) < 4.78 is 22.5. The molecule has 0 amide bonds. The molecule has 0 aliphatic carbocycles. The lowest BCUT2D eigenvalue weighted by Gasteiger charge is -2.32. The highest BCUT2D eigenvalue weighted by Gasteiger charge is 2.26. The summed E-state index contributed by atoms with van der Waals surface area (Å²) in [5.41, 5.74) is 5.32. The van der Waals surface area contributed by atoms with Crippen LogP contribution in [0.3, 0.4) is 0 Å². The maximum absolute atomic E-state index is 11.3. The first kappa shape index (κ1) is 11.7. The monoisotopic (exact) mass is 218 g/mol. The van der Waals surface area contributed by atoms with Crippen molar-refractivity contribution >= 4 is 9.84 Å². The first-order valence-electron chi connectivity index (χ1n) is 4.85. The van der Waals surface area contributed by atoms with Gasteiger partial charge in [0.15, 0.2) is 9.84 Å². The molecule has 0 aromatic rings. The summed E-state index contributed by atoms with van der Waals surface area (Å²) in [5.74, 6) is 0.567. The molecule has 1 saturated heterocycles. The lowest BCUT2D eigenvalue weighted by molar-refractivity contribution is 0.251. The molecule has 82 valence electrons. The minimum atomic E-state index is -2.79. The molecular weight excluding hydrogens is 200 g/mol. The van der Waals surface area contributed by atoms with E-state index in [9.17, 15) is 8.42 Å². The van der Waals surface area contributed by atoms with Crippen LogP contribution in [-0.4, -0.2) is 50.5 Å². The third kappa shape index (κ3) is 3.40. The number of nitrogens with zero attached hydrogens (tertiary/aromatic N) is 1. The molecule has 0 radical (unpaired) electrons. The summed E-state index contributed by atoms with van der Waals surface area (Å²) in [7, 11) is -2.79. The molecule has 0 aromatic heterocycles. The lowest BCUT2D eigenvalue weighted by atomic mass is 10.3. The van der Waals surface area contributed by atoms with E-state index in [1.807, 2.05) is 19.1 Å². The minimum Gasteiger partial charge on any atom is -0.327 e. The summed E-state index contributed by atoms with van der Waals surface area (Å²) in [5, 5.41) is 0.